The monoisotopic (exact) mass is 225 g/mol. The van der Waals surface area contributed by atoms with E-state index in [1.807, 2.05) is 0 Å². The van der Waals surface area contributed by atoms with Gasteiger partial charge < -0.3 is 5.32 Å². The van der Waals surface area contributed by atoms with Crippen LogP contribution in [0.5, 0.6) is 0 Å². The Bertz CT molecular complexity index is 492. The number of hydrogen-bond donors (Lipinski definition) is 1. The van der Waals surface area contributed by atoms with Crippen molar-refractivity contribution in [2.24, 2.45) is 0 Å². The molecule has 1 aromatic heterocycles. The van der Waals surface area contributed by atoms with Gasteiger partial charge >= 0.3 is 0 Å². The summed E-state index contributed by atoms with van der Waals surface area (Å²) < 4.78 is 1.02. The van der Waals surface area contributed by atoms with E-state index in [-0.39, 0.29) is 23.7 Å². The Kier molecular flexibility index (Phi) is 3.39. The minimum absolute atomic E-state index is 0.207. The first kappa shape index (κ1) is 11.9. The lowest BCUT2D eigenvalue weighted by Gasteiger charge is -2.05. The molecule has 7 nitrogen and oxygen atoms in total. The molecular formula is C9H11N3O4. The van der Waals surface area contributed by atoms with Crippen molar-refractivity contribution in [3.63, 3.8) is 0 Å². The fourth-order valence-corrected chi connectivity index (χ4v) is 1.22. The molecule has 0 aromatic carbocycles. The number of nitro groups is 1. The van der Waals surface area contributed by atoms with Crippen LogP contribution in [0.4, 0.5) is 5.69 Å². The summed E-state index contributed by atoms with van der Waals surface area (Å²) in [7, 11) is 1.43. The molecule has 0 atom stereocenters. The van der Waals surface area contributed by atoms with E-state index in [0.717, 1.165) is 10.8 Å². The Morgan fingerprint density at radius 2 is 2.25 bits per heavy atom. The molecule has 0 unspecified atom stereocenters. The highest BCUT2D eigenvalue weighted by Gasteiger charge is 2.12. The van der Waals surface area contributed by atoms with Crippen molar-refractivity contribution in [2.45, 2.75) is 13.5 Å². The van der Waals surface area contributed by atoms with Crippen LogP contribution >= 0.6 is 0 Å². The van der Waals surface area contributed by atoms with E-state index >= 15 is 0 Å². The lowest BCUT2D eigenvalue weighted by Crippen LogP contribution is -2.30. The first-order valence-corrected chi connectivity index (χ1v) is 4.51. The number of nitrogens with zero attached hydrogens (tertiary/aromatic N) is 2. The smallest absolute Gasteiger partial charge is 0.286 e. The Balaban J connectivity index is 3.22. The summed E-state index contributed by atoms with van der Waals surface area (Å²) in [6.45, 7) is 1.24. The summed E-state index contributed by atoms with van der Waals surface area (Å²) in [6, 6.07) is 1.18. The molecule has 0 aliphatic carbocycles. The van der Waals surface area contributed by atoms with E-state index in [0.29, 0.717) is 0 Å². The van der Waals surface area contributed by atoms with E-state index < -0.39 is 10.5 Å². The van der Waals surface area contributed by atoms with Crippen LogP contribution in [0.2, 0.25) is 0 Å². The number of nitrogens with one attached hydrogen (secondary N) is 1. The molecule has 16 heavy (non-hydrogen) atoms. The molecule has 1 N–H and O–H groups in total. The molecule has 0 spiro atoms. The van der Waals surface area contributed by atoms with Crippen LogP contribution in [0, 0.1) is 17.0 Å². The van der Waals surface area contributed by atoms with Crippen molar-refractivity contribution < 1.29 is 9.72 Å². The lowest BCUT2D eigenvalue weighted by atomic mass is 10.3. The first-order valence-electron chi connectivity index (χ1n) is 4.51. The van der Waals surface area contributed by atoms with Crippen LogP contribution < -0.4 is 10.9 Å². The van der Waals surface area contributed by atoms with Crippen molar-refractivity contribution in [3.05, 3.63) is 38.3 Å². The molecule has 1 amide bonds. The standard InChI is InChI=1S/C9H11N3O4/c1-6-3-7(12(15)16)4-11(9(6)14)5-8(13)10-2/h3-4H,5H2,1-2H3,(H,10,13). The Morgan fingerprint density at radius 3 is 2.75 bits per heavy atom. The second-order valence-electron chi connectivity index (χ2n) is 3.24. The molecule has 0 saturated heterocycles. The maximum atomic E-state index is 11.6. The van der Waals surface area contributed by atoms with E-state index in [2.05, 4.69) is 5.32 Å². The Morgan fingerprint density at radius 1 is 1.62 bits per heavy atom. The van der Waals surface area contributed by atoms with Crippen LogP contribution in [0.1, 0.15) is 5.56 Å². The minimum atomic E-state index is -0.604. The number of carbonyl (C=O) groups excluding carboxylic acids is 1. The molecule has 0 aliphatic heterocycles. The Hall–Kier alpha value is -2.18. The summed E-state index contributed by atoms with van der Waals surface area (Å²) in [4.78, 5) is 32.6. The Labute approximate surface area is 90.8 Å². The van der Waals surface area contributed by atoms with Crippen molar-refractivity contribution in [1.29, 1.82) is 0 Å². The number of carbonyl (C=O) groups is 1. The largest absolute Gasteiger partial charge is 0.358 e. The lowest BCUT2D eigenvalue weighted by molar-refractivity contribution is -0.385. The van der Waals surface area contributed by atoms with Crippen molar-refractivity contribution in [1.82, 2.24) is 9.88 Å². The van der Waals surface area contributed by atoms with Crippen molar-refractivity contribution in [2.75, 3.05) is 7.05 Å². The highest BCUT2D eigenvalue weighted by atomic mass is 16.6. The zero-order valence-corrected chi connectivity index (χ0v) is 8.89. The summed E-state index contributed by atoms with van der Waals surface area (Å²) >= 11 is 0. The van der Waals surface area contributed by atoms with E-state index in [1.165, 1.54) is 20.0 Å². The molecule has 0 saturated carbocycles. The summed E-state index contributed by atoms with van der Waals surface area (Å²) in [5, 5.41) is 12.9. The summed E-state index contributed by atoms with van der Waals surface area (Å²) in [5.41, 5.74) is -0.381. The van der Waals surface area contributed by atoms with Gasteiger partial charge in [-0.15, -0.1) is 0 Å². The van der Waals surface area contributed by atoms with Gasteiger partial charge in [-0.05, 0) is 6.92 Å². The second kappa shape index (κ2) is 4.56. The fraction of sp³-hybridized carbons (Fsp3) is 0.333. The average molecular weight is 225 g/mol. The topological polar surface area (TPSA) is 94.2 Å². The maximum Gasteiger partial charge on any atom is 0.286 e. The molecule has 1 rings (SSSR count). The molecule has 86 valence electrons. The number of amides is 1. The van der Waals surface area contributed by atoms with Crippen LogP contribution in [-0.2, 0) is 11.3 Å². The van der Waals surface area contributed by atoms with Gasteiger partial charge in [-0.3, -0.25) is 24.3 Å². The molecule has 0 bridgehead atoms. The SMILES string of the molecule is CNC(=O)Cn1cc([N+](=O)[O-])cc(C)c1=O. The van der Waals surface area contributed by atoms with Gasteiger partial charge in [-0.1, -0.05) is 0 Å². The van der Waals surface area contributed by atoms with E-state index in [9.17, 15) is 19.7 Å². The zero-order valence-electron chi connectivity index (χ0n) is 8.89. The van der Waals surface area contributed by atoms with Gasteiger partial charge in [0.25, 0.3) is 11.2 Å². The first-order chi connectivity index (χ1) is 7.45. The van der Waals surface area contributed by atoms with Crippen molar-refractivity contribution >= 4 is 11.6 Å². The molecule has 1 heterocycles. The number of aromatic nitrogens is 1. The molecule has 0 fully saturated rings. The third kappa shape index (κ3) is 2.44. The number of aryl methyl sites for hydroxylation is 1. The van der Waals surface area contributed by atoms with Crippen LogP contribution in [0.15, 0.2) is 17.1 Å². The third-order valence-corrected chi connectivity index (χ3v) is 2.05. The molecule has 7 heteroatoms. The normalized spacial score (nSPS) is 9.88. The number of likely N-dealkylation sites (N-methyl/N-ethyl adjacent to an activating group) is 1. The zero-order chi connectivity index (χ0) is 12.3. The van der Waals surface area contributed by atoms with Crippen LogP contribution in [0.3, 0.4) is 0 Å². The highest BCUT2D eigenvalue weighted by Crippen LogP contribution is 2.09. The predicted molar refractivity (Wildman–Crippen MR) is 56.2 cm³/mol. The van der Waals surface area contributed by atoms with Gasteiger partial charge in [-0.2, -0.15) is 0 Å². The van der Waals surface area contributed by atoms with Gasteiger partial charge in [0.2, 0.25) is 5.91 Å². The number of hydrogen-bond acceptors (Lipinski definition) is 4. The van der Waals surface area contributed by atoms with Gasteiger partial charge in [-0.25, -0.2) is 0 Å². The number of pyridine rings is 1. The predicted octanol–water partition coefficient (Wildman–Crippen LogP) is -0.189. The van der Waals surface area contributed by atoms with Gasteiger partial charge in [0, 0.05) is 18.7 Å². The molecule has 0 radical (unpaired) electrons. The quantitative estimate of drug-likeness (QED) is 0.569. The maximum absolute atomic E-state index is 11.6. The van der Waals surface area contributed by atoms with Crippen molar-refractivity contribution in [3.8, 4) is 0 Å². The molecular weight excluding hydrogens is 214 g/mol. The average Bonchev–Trinajstić information content (AvgIpc) is 2.23. The molecule has 0 aliphatic rings. The number of rotatable bonds is 3. The van der Waals surface area contributed by atoms with Gasteiger partial charge in [0.1, 0.15) is 6.54 Å². The molecule has 1 aromatic rings. The summed E-state index contributed by atoms with van der Waals surface area (Å²) in [6.07, 6.45) is 1.06. The summed E-state index contributed by atoms with van der Waals surface area (Å²) in [5.74, 6) is -0.387. The van der Waals surface area contributed by atoms with Gasteiger partial charge in [0.15, 0.2) is 0 Å². The fourth-order valence-electron chi connectivity index (χ4n) is 1.22. The minimum Gasteiger partial charge on any atom is -0.358 e. The highest BCUT2D eigenvalue weighted by molar-refractivity contribution is 5.75. The second-order valence-corrected chi connectivity index (χ2v) is 3.24. The third-order valence-electron chi connectivity index (χ3n) is 2.05. The van der Waals surface area contributed by atoms with E-state index in [1.54, 1.807) is 0 Å². The van der Waals surface area contributed by atoms with E-state index in [4.69, 9.17) is 0 Å². The van der Waals surface area contributed by atoms with Crippen LogP contribution in [-0.4, -0.2) is 22.4 Å². The van der Waals surface area contributed by atoms with Gasteiger partial charge in [0.05, 0.1) is 11.1 Å². The van der Waals surface area contributed by atoms with Crippen LogP contribution in [0.25, 0.3) is 0 Å².